The van der Waals surface area contributed by atoms with Crippen LogP contribution in [-0.2, 0) is 0 Å². The average Bonchev–Trinajstić information content (AvgIpc) is 2.63. The summed E-state index contributed by atoms with van der Waals surface area (Å²) < 4.78 is 0. The van der Waals surface area contributed by atoms with Crippen molar-refractivity contribution in [3.05, 3.63) is 84.4 Å². The minimum Gasteiger partial charge on any atom is -0.345 e. The minimum absolute atomic E-state index is 0.0870. The summed E-state index contributed by atoms with van der Waals surface area (Å²) in [4.78, 5) is 20.4. The third-order valence-corrected chi connectivity index (χ3v) is 3.69. The highest BCUT2D eigenvalue weighted by atomic mass is 16.1. The van der Waals surface area contributed by atoms with Crippen LogP contribution in [0, 0.1) is 0 Å². The fourth-order valence-corrected chi connectivity index (χ4v) is 2.35. The van der Waals surface area contributed by atoms with Crippen LogP contribution in [-0.4, -0.2) is 15.9 Å². The molecule has 0 radical (unpaired) electrons. The maximum absolute atomic E-state index is 12.3. The summed E-state index contributed by atoms with van der Waals surface area (Å²) in [5, 5.41) is 2.98. The third-order valence-electron chi connectivity index (χ3n) is 3.69. The molecule has 0 saturated carbocycles. The van der Waals surface area contributed by atoms with Gasteiger partial charge in [-0.3, -0.25) is 14.8 Å². The Morgan fingerprint density at radius 1 is 0.913 bits per heavy atom. The second kappa shape index (κ2) is 6.83. The fraction of sp³-hybridized carbons (Fsp3) is 0.105. The molecule has 2 heterocycles. The van der Waals surface area contributed by atoms with E-state index in [1.54, 1.807) is 24.8 Å². The lowest BCUT2D eigenvalue weighted by Gasteiger charge is -2.14. The van der Waals surface area contributed by atoms with Crippen molar-refractivity contribution in [3.63, 3.8) is 0 Å². The van der Waals surface area contributed by atoms with Crippen LogP contribution in [0.15, 0.2) is 73.3 Å². The van der Waals surface area contributed by atoms with Crippen molar-refractivity contribution in [2.45, 2.75) is 13.0 Å². The number of pyridine rings is 2. The molecule has 0 spiro atoms. The van der Waals surface area contributed by atoms with E-state index in [4.69, 9.17) is 0 Å². The molecule has 0 fully saturated rings. The summed E-state index contributed by atoms with van der Waals surface area (Å²) >= 11 is 0. The van der Waals surface area contributed by atoms with Gasteiger partial charge in [0.1, 0.15) is 0 Å². The first-order valence-corrected chi connectivity index (χ1v) is 7.45. The molecule has 4 nitrogen and oxygen atoms in total. The van der Waals surface area contributed by atoms with Crippen LogP contribution < -0.4 is 5.32 Å². The van der Waals surface area contributed by atoms with Crippen molar-refractivity contribution in [1.82, 2.24) is 15.3 Å². The van der Waals surface area contributed by atoms with E-state index in [9.17, 15) is 4.79 Å². The molecule has 1 amide bonds. The van der Waals surface area contributed by atoms with E-state index in [2.05, 4.69) is 15.3 Å². The second-order valence-electron chi connectivity index (χ2n) is 5.29. The summed E-state index contributed by atoms with van der Waals surface area (Å²) in [6, 6.07) is 15.2. The summed E-state index contributed by atoms with van der Waals surface area (Å²) in [5.41, 5.74) is 3.76. The van der Waals surface area contributed by atoms with Gasteiger partial charge in [0.15, 0.2) is 0 Å². The Kier molecular flexibility index (Phi) is 4.43. The Labute approximate surface area is 135 Å². The number of carbonyl (C=O) groups excluding carboxylic acids is 1. The smallest absolute Gasteiger partial charge is 0.251 e. The Morgan fingerprint density at radius 2 is 1.61 bits per heavy atom. The minimum atomic E-state index is -0.0948. The molecule has 3 aromatic rings. The first kappa shape index (κ1) is 14.9. The molecule has 1 unspecified atom stereocenters. The zero-order valence-electron chi connectivity index (χ0n) is 12.8. The van der Waals surface area contributed by atoms with Gasteiger partial charge in [0, 0.05) is 30.4 Å². The molecule has 1 atom stereocenters. The number of hydrogen-bond donors (Lipinski definition) is 1. The number of hydrogen-bond acceptors (Lipinski definition) is 3. The molecule has 0 bridgehead atoms. The molecule has 0 aliphatic heterocycles. The molecule has 114 valence electrons. The summed E-state index contributed by atoms with van der Waals surface area (Å²) in [5.74, 6) is -0.0948. The van der Waals surface area contributed by atoms with Gasteiger partial charge in [-0.2, -0.15) is 0 Å². The Hall–Kier alpha value is -3.01. The van der Waals surface area contributed by atoms with Gasteiger partial charge in [0.25, 0.3) is 5.91 Å². The van der Waals surface area contributed by atoms with Crippen LogP contribution in [0.4, 0.5) is 0 Å². The number of nitrogens with zero attached hydrogens (tertiary/aromatic N) is 2. The molecule has 23 heavy (non-hydrogen) atoms. The van der Waals surface area contributed by atoms with Crippen LogP contribution in [0.3, 0.4) is 0 Å². The predicted molar refractivity (Wildman–Crippen MR) is 89.8 cm³/mol. The lowest BCUT2D eigenvalue weighted by molar-refractivity contribution is 0.0940. The summed E-state index contributed by atoms with van der Waals surface area (Å²) in [7, 11) is 0. The summed E-state index contributed by atoms with van der Waals surface area (Å²) in [6.45, 7) is 1.94. The molecule has 1 N–H and O–H groups in total. The second-order valence-corrected chi connectivity index (χ2v) is 5.29. The largest absolute Gasteiger partial charge is 0.345 e. The van der Waals surface area contributed by atoms with Gasteiger partial charge in [0.2, 0.25) is 0 Å². The highest BCUT2D eigenvalue weighted by Gasteiger charge is 2.11. The van der Waals surface area contributed by atoms with E-state index in [1.165, 1.54) is 0 Å². The lowest BCUT2D eigenvalue weighted by Crippen LogP contribution is -2.26. The molecule has 3 rings (SSSR count). The van der Waals surface area contributed by atoms with E-state index >= 15 is 0 Å². The molecule has 0 aliphatic rings. The first-order chi connectivity index (χ1) is 11.2. The predicted octanol–water partition coefficient (Wildman–Crippen LogP) is 3.63. The number of nitrogens with one attached hydrogen (secondary N) is 1. The number of carbonyl (C=O) groups is 1. The molecule has 4 heteroatoms. The van der Waals surface area contributed by atoms with Crippen LogP contribution >= 0.6 is 0 Å². The average molecular weight is 303 g/mol. The SMILES string of the molecule is CC(NC(=O)c1ccc(-c2ccncc2)cc1)c1cccnc1. The van der Waals surface area contributed by atoms with Crippen LogP contribution in [0.2, 0.25) is 0 Å². The van der Waals surface area contributed by atoms with Crippen LogP contribution in [0.5, 0.6) is 0 Å². The maximum atomic E-state index is 12.3. The number of rotatable bonds is 4. The molecule has 2 aromatic heterocycles. The number of aromatic nitrogens is 2. The van der Waals surface area contributed by atoms with Gasteiger partial charge >= 0.3 is 0 Å². The van der Waals surface area contributed by atoms with Gasteiger partial charge in [0.05, 0.1) is 6.04 Å². The first-order valence-electron chi connectivity index (χ1n) is 7.45. The molecule has 0 aliphatic carbocycles. The molecule has 1 aromatic carbocycles. The fourth-order valence-electron chi connectivity index (χ4n) is 2.35. The highest BCUT2D eigenvalue weighted by Crippen LogP contribution is 2.19. The Morgan fingerprint density at radius 3 is 2.26 bits per heavy atom. The molecule has 0 saturated heterocycles. The van der Waals surface area contributed by atoms with Gasteiger partial charge in [-0.15, -0.1) is 0 Å². The van der Waals surface area contributed by atoms with Crippen LogP contribution in [0.25, 0.3) is 11.1 Å². The van der Waals surface area contributed by atoms with E-state index in [0.29, 0.717) is 5.56 Å². The number of benzene rings is 1. The quantitative estimate of drug-likeness (QED) is 0.800. The molecular formula is C19H17N3O. The maximum Gasteiger partial charge on any atom is 0.251 e. The number of amides is 1. The van der Waals surface area contributed by atoms with Gasteiger partial charge in [-0.25, -0.2) is 0 Å². The summed E-state index contributed by atoms with van der Waals surface area (Å²) in [6.07, 6.45) is 6.99. The standard InChI is InChI=1S/C19H17N3O/c1-14(18-3-2-10-21-13-18)22-19(23)17-6-4-15(5-7-17)16-8-11-20-12-9-16/h2-14H,1H3,(H,22,23). The van der Waals surface area contributed by atoms with Crippen molar-refractivity contribution in [1.29, 1.82) is 0 Å². The van der Waals surface area contributed by atoms with Crippen molar-refractivity contribution >= 4 is 5.91 Å². The monoisotopic (exact) mass is 303 g/mol. The van der Waals surface area contributed by atoms with E-state index in [0.717, 1.165) is 16.7 Å². The Bertz CT molecular complexity index is 771. The van der Waals surface area contributed by atoms with Crippen molar-refractivity contribution in [2.75, 3.05) is 0 Å². The lowest BCUT2D eigenvalue weighted by atomic mass is 10.0. The zero-order chi connectivity index (χ0) is 16.1. The van der Waals surface area contributed by atoms with Crippen molar-refractivity contribution < 1.29 is 4.79 Å². The van der Waals surface area contributed by atoms with Crippen molar-refractivity contribution in [3.8, 4) is 11.1 Å². The van der Waals surface area contributed by atoms with E-state index < -0.39 is 0 Å². The normalized spacial score (nSPS) is 11.7. The van der Waals surface area contributed by atoms with Gasteiger partial charge in [-0.1, -0.05) is 18.2 Å². The van der Waals surface area contributed by atoms with E-state index in [-0.39, 0.29) is 11.9 Å². The Balaban J connectivity index is 1.71. The van der Waals surface area contributed by atoms with Crippen LogP contribution in [0.1, 0.15) is 28.9 Å². The van der Waals surface area contributed by atoms with Gasteiger partial charge in [-0.05, 0) is 53.9 Å². The molecular weight excluding hydrogens is 286 g/mol. The third kappa shape index (κ3) is 3.61. The highest BCUT2D eigenvalue weighted by molar-refractivity contribution is 5.94. The topological polar surface area (TPSA) is 54.9 Å². The van der Waals surface area contributed by atoms with Crippen molar-refractivity contribution in [2.24, 2.45) is 0 Å². The zero-order valence-corrected chi connectivity index (χ0v) is 12.8. The van der Waals surface area contributed by atoms with E-state index in [1.807, 2.05) is 55.5 Å². The van der Waals surface area contributed by atoms with Gasteiger partial charge < -0.3 is 5.32 Å².